The van der Waals surface area contributed by atoms with Gasteiger partial charge in [-0.15, -0.1) is 0 Å². The van der Waals surface area contributed by atoms with Gasteiger partial charge in [0.15, 0.2) is 11.5 Å². The molecule has 0 aliphatic heterocycles. The second-order valence-electron chi connectivity index (χ2n) is 5.28. The number of nitrogens with one attached hydrogen (secondary N) is 1. The van der Waals surface area contributed by atoms with Crippen LogP contribution in [-0.4, -0.2) is 19.6 Å². The van der Waals surface area contributed by atoms with Gasteiger partial charge in [-0.25, -0.2) is 8.78 Å². The highest BCUT2D eigenvalue weighted by molar-refractivity contribution is 6.32. The molecule has 25 heavy (non-hydrogen) atoms. The van der Waals surface area contributed by atoms with E-state index in [4.69, 9.17) is 21.1 Å². The van der Waals surface area contributed by atoms with Crippen molar-refractivity contribution < 1.29 is 23.0 Å². The van der Waals surface area contributed by atoms with Gasteiger partial charge in [0.2, 0.25) is 0 Å². The SMILES string of the molecule is CCOc1c(Cl)cc(C(=O)NC(C)c2ccc(F)cc2F)cc1OC. The van der Waals surface area contributed by atoms with Crippen molar-refractivity contribution in [2.75, 3.05) is 13.7 Å². The quantitative estimate of drug-likeness (QED) is 0.814. The molecule has 0 bridgehead atoms. The first-order chi connectivity index (χ1) is 11.9. The van der Waals surface area contributed by atoms with Gasteiger partial charge in [0.25, 0.3) is 5.91 Å². The molecular formula is C18H18ClF2NO3. The Balaban J connectivity index is 2.24. The molecule has 0 aliphatic carbocycles. The Morgan fingerprint density at radius 1 is 1.28 bits per heavy atom. The van der Waals surface area contributed by atoms with E-state index in [2.05, 4.69) is 5.32 Å². The van der Waals surface area contributed by atoms with Crippen molar-refractivity contribution in [3.05, 3.63) is 58.1 Å². The summed E-state index contributed by atoms with van der Waals surface area (Å²) < 4.78 is 37.4. The molecule has 7 heteroatoms. The van der Waals surface area contributed by atoms with Gasteiger partial charge in [0.05, 0.1) is 24.8 Å². The van der Waals surface area contributed by atoms with Crippen molar-refractivity contribution in [2.45, 2.75) is 19.9 Å². The molecule has 0 fully saturated rings. The number of ether oxygens (including phenoxy) is 2. The zero-order chi connectivity index (χ0) is 18.6. The van der Waals surface area contributed by atoms with E-state index < -0.39 is 23.6 Å². The smallest absolute Gasteiger partial charge is 0.251 e. The zero-order valence-electron chi connectivity index (χ0n) is 14.0. The molecule has 0 radical (unpaired) electrons. The number of benzene rings is 2. The Kier molecular flexibility index (Phi) is 6.20. The van der Waals surface area contributed by atoms with Crippen LogP contribution in [0, 0.1) is 11.6 Å². The van der Waals surface area contributed by atoms with Gasteiger partial charge in [0.1, 0.15) is 11.6 Å². The minimum atomic E-state index is -0.727. The molecule has 1 N–H and O–H groups in total. The lowest BCUT2D eigenvalue weighted by Crippen LogP contribution is -2.27. The molecule has 0 saturated heterocycles. The van der Waals surface area contributed by atoms with Gasteiger partial charge in [-0.2, -0.15) is 0 Å². The van der Waals surface area contributed by atoms with Crippen molar-refractivity contribution >= 4 is 17.5 Å². The fraction of sp³-hybridized carbons (Fsp3) is 0.278. The third-order valence-corrected chi connectivity index (χ3v) is 3.84. The lowest BCUT2D eigenvalue weighted by Gasteiger charge is -2.17. The molecule has 4 nitrogen and oxygen atoms in total. The Morgan fingerprint density at radius 2 is 2.00 bits per heavy atom. The van der Waals surface area contributed by atoms with Crippen LogP contribution in [0.25, 0.3) is 0 Å². The number of amides is 1. The van der Waals surface area contributed by atoms with E-state index in [1.807, 2.05) is 0 Å². The highest BCUT2D eigenvalue weighted by Crippen LogP contribution is 2.36. The predicted molar refractivity (Wildman–Crippen MR) is 91.4 cm³/mol. The normalized spacial score (nSPS) is 11.8. The molecule has 134 valence electrons. The summed E-state index contributed by atoms with van der Waals surface area (Å²) in [7, 11) is 1.44. The summed E-state index contributed by atoms with van der Waals surface area (Å²) >= 11 is 6.15. The maximum absolute atomic E-state index is 13.8. The van der Waals surface area contributed by atoms with Gasteiger partial charge in [-0.3, -0.25) is 4.79 Å². The predicted octanol–water partition coefficient (Wildman–Crippen LogP) is 4.52. The Bertz CT molecular complexity index is 783. The van der Waals surface area contributed by atoms with Crippen LogP contribution in [0.2, 0.25) is 5.02 Å². The first-order valence-corrected chi connectivity index (χ1v) is 8.01. The second kappa shape index (κ2) is 8.16. The summed E-state index contributed by atoms with van der Waals surface area (Å²) in [5.74, 6) is -1.21. The van der Waals surface area contributed by atoms with Gasteiger partial charge in [-0.05, 0) is 32.0 Å². The van der Waals surface area contributed by atoms with Crippen LogP contribution < -0.4 is 14.8 Å². The molecule has 0 heterocycles. The number of rotatable bonds is 6. The summed E-state index contributed by atoms with van der Waals surface area (Å²) in [4.78, 5) is 12.4. The van der Waals surface area contributed by atoms with Crippen molar-refractivity contribution in [2.24, 2.45) is 0 Å². The molecule has 2 aromatic rings. The molecule has 0 aliphatic rings. The monoisotopic (exact) mass is 369 g/mol. The molecule has 2 rings (SSSR count). The molecule has 2 aromatic carbocycles. The van der Waals surface area contributed by atoms with Gasteiger partial charge < -0.3 is 14.8 Å². The Morgan fingerprint density at radius 3 is 2.60 bits per heavy atom. The lowest BCUT2D eigenvalue weighted by atomic mass is 10.1. The molecular weight excluding hydrogens is 352 g/mol. The number of carbonyl (C=O) groups is 1. The van der Waals surface area contributed by atoms with Crippen molar-refractivity contribution in [3.63, 3.8) is 0 Å². The lowest BCUT2D eigenvalue weighted by molar-refractivity contribution is 0.0939. The molecule has 0 spiro atoms. The summed E-state index contributed by atoms with van der Waals surface area (Å²) in [6, 6.07) is 5.47. The van der Waals surface area contributed by atoms with Crippen LogP contribution in [0.4, 0.5) is 8.78 Å². The van der Waals surface area contributed by atoms with Gasteiger partial charge in [0, 0.05) is 17.2 Å². The standard InChI is InChI=1S/C18H18ClF2NO3/c1-4-25-17-14(19)7-11(8-16(17)24-3)18(23)22-10(2)13-6-5-12(20)9-15(13)21/h5-10H,4H2,1-3H3,(H,22,23). The largest absolute Gasteiger partial charge is 0.493 e. The average molecular weight is 370 g/mol. The van der Waals surface area contributed by atoms with E-state index >= 15 is 0 Å². The Hall–Kier alpha value is -2.34. The molecule has 1 amide bonds. The summed E-state index contributed by atoms with van der Waals surface area (Å²) in [5.41, 5.74) is 0.415. The first-order valence-electron chi connectivity index (χ1n) is 7.63. The van der Waals surface area contributed by atoms with E-state index in [0.717, 1.165) is 12.1 Å². The average Bonchev–Trinajstić information content (AvgIpc) is 2.56. The third kappa shape index (κ3) is 4.39. The van der Waals surface area contributed by atoms with E-state index in [0.29, 0.717) is 18.1 Å². The minimum Gasteiger partial charge on any atom is -0.493 e. The van der Waals surface area contributed by atoms with Crippen molar-refractivity contribution in [3.8, 4) is 11.5 Å². The van der Waals surface area contributed by atoms with E-state index in [1.54, 1.807) is 13.8 Å². The first kappa shape index (κ1) is 19.0. The van der Waals surface area contributed by atoms with Crippen LogP contribution >= 0.6 is 11.6 Å². The minimum absolute atomic E-state index is 0.179. The number of carbonyl (C=O) groups excluding carboxylic acids is 1. The van der Waals surface area contributed by atoms with E-state index in [-0.39, 0.29) is 16.1 Å². The number of hydrogen-bond acceptors (Lipinski definition) is 3. The highest BCUT2D eigenvalue weighted by atomic mass is 35.5. The number of hydrogen-bond donors (Lipinski definition) is 1. The molecule has 0 aromatic heterocycles. The van der Waals surface area contributed by atoms with Crippen LogP contribution in [0.3, 0.4) is 0 Å². The highest BCUT2D eigenvalue weighted by Gasteiger charge is 2.19. The topological polar surface area (TPSA) is 47.6 Å². The molecule has 0 saturated carbocycles. The Labute approximate surface area is 149 Å². The van der Waals surface area contributed by atoms with Crippen LogP contribution in [0.1, 0.15) is 35.8 Å². The number of methoxy groups -OCH3 is 1. The van der Waals surface area contributed by atoms with Crippen LogP contribution in [0.5, 0.6) is 11.5 Å². The van der Waals surface area contributed by atoms with E-state index in [9.17, 15) is 13.6 Å². The maximum atomic E-state index is 13.8. The second-order valence-corrected chi connectivity index (χ2v) is 5.69. The van der Waals surface area contributed by atoms with Crippen molar-refractivity contribution in [1.82, 2.24) is 5.32 Å². The molecule has 1 atom stereocenters. The zero-order valence-corrected chi connectivity index (χ0v) is 14.8. The maximum Gasteiger partial charge on any atom is 0.251 e. The fourth-order valence-corrected chi connectivity index (χ4v) is 2.61. The van der Waals surface area contributed by atoms with Crippen LogP contribution in [-0.2, 0) is 0 Å². The third-order valence-electron chi connectivity index (χ3n) is 3.56. The summed E-state index contributed by atoms with van der Waals surface area (Å²) in [6.45, 7) is 3.79. The van der Waals surface area contributed by atoms with Crippen molar-refractivity contribution in [1.29, 1.82) is 0 Å². The molecule has 1 unspecified atom stereocenters. The van der Waals surface area contributed by atoms with E-state index in [1.165, 1.54) is 25.3 Å². The summed E-state index contributed by atoms with van der Waals surface area (Å²) in [6.07, 6.45) is 0. The summed E-state index contributed by atoms with van der Waals surface area (Å²) in [5, 5.41) is 2.88. The fourth-order valence-electron chi connectivity index (χ4n) is 2.35. The van der Waals surface area contributed by atoms with Gasteiger partial charge in [-0.1, -0.05) is 17.7 Å². The van der Waals surface area contributed by atoms with Crippen LogP contribution in [0.15, 0.2) is 30.3 Å². The van der Waals surface area contributed by atoms with Gasteiger partial charge >= 0.3 is 0 Å². The number of halogens is 3.